The van der Waals surface area contributed by atoms with Crippen LogP contribution in [0.25, 0.3) is 0 Å². The molecule has 7 heteroatoms. The predicted octanol–water partition coefficient (Wildman–Crippen LogP) is 6.59. The zero-order chi connectivity index (χ0) is 28.9. The molecule has 0 unspecified atom stereocenters. The summed E-state index contributed by atoms with van der Waals surface area (Å²) in [5.41, 5.74) is 2.95. The van der Waals surface area contributed by atoms with Gasteiger partial charge < -0.3 is 19.7 Å². The van der Waals surface area contributed by atoms with Crippen LogP contribution in [0.15, 0.2) is 77.3 Å². The van der Waals surface area contributed by atoms with Crippen LogP contribution >= 0.6 is 15.9 Å². The number of hydrogen-bond acceptors (Lipinski definition) is 4. The van der Waals surface area contributed by atoms with Crippen molar-refractivity contribution in [2.45, 2.75) is 59.5 Å². The molecule has 3 rings (SSSR count). The van der Waals surface area contributed by atoms with Crippen LogP contribution in [0.2, 0.25) is 0 Å². The maximum atomic E-state index is 13.9. The molecule has 6 nitrogen and oxygen atoms in total. The van der Waals surface area contributed by atoms with E-state index in [1.165, 1.54) is 0 Å². The lowest BCUT2D eigenvalue weighted by Crippen LogP contribution is -2.51. The van der Waals surface area contributed by atoms with Gasteiger partial charge in [0.05, 0.1) is 13.2 Å². The van der Waals surface area contributed by atoms with Crippen LogP contribution < -0.4 is 14.8 Å². The standard InChI is InChI=1S/C33H41BrN2O4/c1-5-39-30-18-14-26(21-31(30)40-6-2)15-19-32(37)36(23-27-12-16-28(34)17-13-27)29(33(38)35-22-24(3)4)20-25-10-8-7-9-11-25/h7-14,16-18,21,24,29H,5-6,15,19-20,22-23H2,1-4H3,(H,35,38)/t29-/m0/s1. The van der Waals surface area contributed by atoms with Crippen molar-refractivity contribution >= 4 is 27.7 Å². The average molecular weight is 610 g/mol. The van der Waals surface area contributed by atoms with Gasteiger partial charge in [-0.1, -0.05) is 78.3 Å². The number of halogens is 1. The van der Waals surface area contributed by atoms with Gasteiger partial charge >= 0.3 is 0 Å². The molecule has 40 heavy (non-hydrogen) atoms. The molecule has 3 aromatic rings. The Bertz CT molecular complexity index is 1210. The third-order valence-electron chi connectivity index (χ3n) is 6.46. The number of nitrogens with zero attached hydrogens (tertiary/aromatic N) is 1. The van der Waals surface area contributed by atoms with Crippen LogP contribution in [0, 0.1) is 5.92 Å². The Balaban J connectivity index is 1.89. The minimum Gasteiger partial charge on any atom is -0.490 e. The first-order valence-corrected chi connectivity index (χ1v) is 14.8. The third kappa shape index (κ3) is 9.70. The smallest absolute Gasteiger partial charge is 0.243 e. The molecule has 0 bridgehead atoms. The van der Waals surface area contributed by atoms with Gasteiger partial charge in [-0.2, -0.15) is 0 Å². The molecule has 0 aliphatic rings. The van der Waals surface area contributed by atoms with Gasteiger partial charge in [-0.15, -0.1) is 0 Å². The van der Waals surface area contributed by atoms with E-state index in [9.17, 15) is 9.59 Å². The summed E-state index contributed by atoms with van der Waals surface area (Å²) in [6.07, 6.45) is 1.22. The van der Waals surface area contributed by atoms with Gasteiger partial charge in [-0.05, 0) is 67.1 Å². The van der Waals surface area contributed by atoms with Crippen molar-refractivity contribution in [2.24, 2.45) is 5.92 Å². The highest BCUT2D eigenvalue weighted by Gasteiger charge is 2.30. The van der Waals surface area contributed by atoms with Gasteiger partial charge in [-0.3, -0.25) is 9.59 Å². The summed E-state index contributed by atoms with van der Waals surface area (Å²) in [6, 6.07) is 22.9. The number of hydrogen-bond donors (Lipinski definition) is 1. The maximum absolute atomic E-state index is 13.9. The van der Waals surface area contributed by atoms with Crippen LogP contribution in [0.5, 0.6) is 11.5 Å². The molecule has 1 N–H and O–H groups in total. The Morgan fingerprint density at radius 1 is 0.850 bits per heavy atom. The fourth-order valence-corrected chi connectivity index (χ4v) is 4.67. The van der Waals surface area contributed by atoms with E-state index in [4.69, 9.17) is 9.47 Å². The summed E-state index contributed by atoms with van der Waals surface area (Å²) >= 11 is 3.49. The molecule has 2 amide bonds. The summed E-state index contributed by atoms with van der Waals surface area (Å²) in [4.78, 5) is 29.3. The number of benzene rings is 3. The molecule has 0 spiro atoms. The number of ether oxygens (including phenoxy) is 2. The predicted molar refractivity (Wildman–Crippen MR) is 164 cm³/mol. The molecule has 1 atom stereocenters. The van der Waals surface area contributed by atoms with Gasteiger partial charge in [0.1, 0.15) is 6.04 Å². The van der Waals surface area contributed by atoms with Crippen molar-refractivity contribution in [2.75, 3.05) is 19.8 Å². The van der Waals surface area contributed by atoms with E-state index in [0.29, 0.717) is 56.6 Å². The van der Waals surface area contributed by atoms with Crippen LogP contribution in [-0.4, -0.2) is 42.5 Å². The first-order chi connectivity index (χ1) is 19.3. The highest BCUT2D eigenvalue weighted by atomic mass is 79.9. The maximum Gasteiger partial charge on any atom is 0.243 e. The second-order valence-corrected chi connectivity index (χ2v) is 11.1. The summed E-state index contributed by atoms with van der Waals surface area (Å²) in [6.45, 7) is 9.95. The highest BCUT2D eigenvalue weighted by Crippen LogP contribution is 2.29. The summed E-state index contributed by atoms with van der Waals surface area (Å²) < 4.78 is 12.4. The molecule has 0 heterocycles. The fourth-order valence-electron chi connectivity index (χ4n) is 4.41. The quantitative estimate of drug-likeness (QED) is 0.211. The van der Waals surface area contributed by atoms with E-state index >= 15 is 0 Å². The Morgan fingerprint density at radius 3 is 2.15 bits per heavy atom. The van der Waals surface area contributed by atoms with E-state index in [1.807, 2.05) is 86.6 Å². The number of carbonyl (C=O) groups excluding carboxylic acids is 2. The molecule has 0 saturated heterocycles. The first-order valence-electron chi connectivity index (χ1n) is 14.0. The van der Waals surface area contributed by atoms with Crippen molar-refractivity contribution in [1.82, 2.24) is 10.2 Å². The Kier molecular flexibility index (Phi) is 12.5. The minimum atomic E-state index is -0.642. The monoisotopic (exact) mass is 608 g/mol. The van der Waals surface area contributed by atoms with Gasteiger partial charge in [0, 0.05) is 30.4 Å². The molecule has 0 aliphatic heterocycles. The number of carbonyl (C=O) groups is 2. The molecule has 214 valence electrons. The summed E-state index contributed by atoms with van der Waals surface area (Å²) in [5.74, 6) is 1.46. The topological polar surface area (TPSA) is 67.9 Å². The first kappa shape index (κ1) is 31.2. The van der Waals surface area contributed by atoms with E-state index in [1.54, 1.807) is 4.90 Å². The molecule has 0 aromatic heterocycles. The molecule has 0 saturated carbocycles. The van der Waals surface area contributed by atoms with Crippen LogP contribution in [0.1, 0.15) is 50.8 Å². The molecular weight excluding hydrogens is 568 g/mol. The number of amides is 2. The number of aryl methyl sites for hydroxylation is 1. The largest absolute Gasteiger partial charge is 0.490 e. The van der Waals surface area contributed by atoms with Crippen molar-refractivity contribution in [1.29, 1.82) is 0 Å². The van der Waals surface area contributed by atoms with Gasteiger partial charge in [0.25, 0.3) is 0 Å². The van der Waals surface area contributed by atoms with E-state index < -0.39 is 6.04 Å². The summed E-state index contributed by atoms with van der Waals surface area (Å²) in [7, 11) is 0. The lowest BCUT2D eigenvalue weighted by molar-refractivity contribution is -0.141. The molecule has 0 fully saturated rings. The minimum absolute atomic E-state index is 0.0737. The normalized spacial score (nSPS) is 11.7. The van der Waals surface area contributed by atoms with Crippen LogP contribution in [0.3, 0.4) is 0 Å². The van der Waals surface area contributed by atoms with Crippen molar-refractivity contribution in [3.05, 3.63) is 94.0 Å². The van der Waals surface area contributed by atoms with Gasteiger partial charge in [-0.25, -0.2) is 0 Å². The Hall–Kier alpha value is -3.32. The fraction of sp³-hybridized carbons (Fsp3) is 0.394. The Labute approximate surface area is 247 Å². The van der Waals surface area contributed by atoms with E-state index in [2.05, 4.69) is 35.1 Å². The van der Waals surface area contributed by atoms with E-state index in [-0.39, 0.29) is 18.2 Å². The average Bonchev–Trinajstić information content (AvgIpc) is 2.95. The Morgan fingerprint density at radius 2 is 1.50 bits per heavy atom. The molecule has 0 aliphatic carbocycles. The third-order valence-corrected chi connectivity index (χ3v) is 6.99. The lowest BCUT2D eigenvalue weighted by Gasteiger charge is -2.32. The molecular formula is C33H41BrN2O4. The van der Waals surface area contributed by atoms with Gasteiger partial charge in [0.15, 0.2) is 11.5 Å². The van der Waals surface area contributed by atoms with Crippen molar-refractivity contribution in [3.8, 4) is 11.5 Å². The highest BCUT2D eigenvalue weighted by molar-refractivity contribution is 9.10. The second kappa shape index (κ2) is 16.1. The van der Waals surface area contributed by atoms with Crippen LogP contribution in [-0.2, 0) is 29.0 Å². The molecule has 3 aromatic carbocycles. The number of rotatable bonds is 15. The van der Waals surface area contributed by atoms with E-state index in [0.717, 1.165) is 21.2 Å². The van der Waals surface area contributed by atoms with Crippen LogP contribution in [0.4, 0.5) is 0 Å². The molecule has 0 radical (unpaired) electrons. The zero-order valence-electron chi connectivity index (χ0n) is 24.0. The van der Waals surface area contributed by atoms with Gasteiger partial charge in [0.2, 0.25) is 11.8 Å². The summed E-state index contributed by atoms with van der Waals surface area (Å²) in [5, 5.41) is 3.08. The van der Waals surface area contributed by atoms with Crippen molar-refractivity contribution < 1.29 is 19.1 Å². The lowest BCUT2D eigenvalue weighted by atomic mass is 10.0. The zero-order valence-corrected chi connectivity index (χ0v) is 25.6. The van der Waals surface area contributed by atoms with Crippen molar-refractivity contribution in [3.63, 3.8) is 0 Å². The second-order valence-electron chi connectivity index (χ2n) is 10.1. The number of nitrogens with one attached hydrogen (secondary N) is 1. The SMILES string of the molecule is CCOc1ccc(CCC(=O)N(Cc2ccc(Br)cc2)[C@@H](Cc2ccccc2)C(=O)NCC(C)C)cc1OCC.